The van der Waals surface area contributed by atoms with Crippen LogP contribution in [0.2, 0.25) is 0 Å². The number of aromatic nitrogens is 1. The second-order valence-corrected chi connectivity index (χ2v) is 4.31. The first kappa shape index (κ1) is 14.0. The van der Waals surface area contributed by atoms with Crippen molar-refractivity contribution < 1.29 is 14.7 Å². The molecule has 1 aromatic heterocycles. The van der Waals surface area contributed by atoms with Crippen LogP contribution in [0, 0.1) is 0 Å². The molecule has 0 bridgehead atoms. The molecule has 0 aliphatic carbocycles. The van der Waals surface area contributed by atoms with Crippen LogP contribution in [0.25, 0.3) is 0 Å². The number of rotatable bonds is 4. The van der Waals surface area contributed by atoms with Gasteiger partial charge in [-0.15, -0.1) is 0 Å². The van der Waals surface area contributed by atoms with Gasteiger partial charge in [-0.3, -0.25) is 9.59 Å². The number of hydrogen-bond donors (Lipinski definition) is 2. The number of aliphatic carboxylic acids is 1. The van der Waals surface area contributed by atoms with Crippen molar-refractivity contribution in [3.63, 3.8) is 0 Å². The summed E-state index contributed by atoms with van der Waals surface area (Å²) in [7, 11) is 1.57. The zero-order valence-corrected chi connectivity index (χ0v) is 10.6. The summed E-state index contributed by atoms with van der Waals surface area (Å²) in [6.45, 7) is 3.09. The molecule has 0 aliphatic rings. The molecule has 1 amide bonds. The number of carboxylic acids is 1. The third-order valence-corrected chi connectivity index (χ3v) is 2.94. The van der Waals surface area contributed by atoms with E-state index in [2.05, 4.69) is 5.32 Å². The number of pyridine rings is 1. The molecular weight excluding hydrogens is 236 g/mol. The molecule has 2 N–H and O–H groups in total. The highest BCUT2D eigenvalue weighted by atomic mass is 16.4. The second-order valence-electron chi connectivity index (χ2n) is 4.31. The van der Waals surface area contributed by atoms with Crippen molar-refractivity contribution >= 4 is 11.9 Å². The van der Waals surface area contributed by atoms with Crippen LogP contribution >= 0.6 is 0 Å². The van der Waals surface area contributed by atoms with Crippen LogP contribution in [-0.4, -0.2) is 27.1 Å². The fourth-order valence-corrected chi connectivity index (χ4v) is 1.31. The number of amides is 1. The standard InChI is InChI=1S/C12H16N2O4/c1-4-12(2,11(17)18)13-10(16)8-5-6-14(3)9(15)7-8/h5-7H,4H2,1-3H3,(H,13,16)(H,17,18). The van der Waals surface area contributed by atoms with E-state index in [4.69, 9.17) is 5.11 Å². The monoisotopic (exact) mass is 252 g/mol. The van der Waals surface area contributed by atoms with Crippen molar-refractivity contribution in [2.24, 2.45) is 7.05 Å². The van der Waals surface area contributed by atoms with Gasteiger partial charge < -0.3 is 15.0 Å². The summed E-state index contributed by atoms with van der Waals surface area (Å²) in [6.07, 6.45) is 1.71. The minimum atomic E-state index is -1.34. The van der Waals surface area contributed by atoms with Gasteiger partial charge in [-0.25, -0.2) is 4.79 Å². The quantitative estimate of drug-likeness (QED) is 0.810. The van der Waals surface area contributed by atoms with Gasteiger partial charge in [0.1, 0.15) is 5.54 Å². The van der Waals surface area contributed by atoms with Crippen LogP contribution in [0.15, 0.2) is 23.1 Å². The zero-order chi connectivity index (χ0) is 13.9. The van der Waals surface area contributed by atoms with Gasteiger partial charge in [0.05, 0.1) is 0 Å². The van der Waals surface area contributed by atoms with E-state index < -0.39 is 17.4 Å². The molecule has 0 radical (unpaired) electrons. The number of aryl methyl sites for hydroxylation is 1. The Bertz CT molecular complexity index is 535. The van der Waals surface area contributed by atoms with Crippen LogP contribution in [0.1, 0.15) is 30.6 Å². The van der Waals surface area contributed by atoms with Crippen molar-refractivity contribution in [1.82, 2.24) is 9.88 Å². The lowest BCUT2D eigenvalue weighted by molar-refractivity contribution is -0.143. The molecule has 0 aliphatic heterocycles. The molecule has 1 heterocycles. The normalized spacial score (nSPS) is 13.7. The van der Waals surface area contributed by atoms with Crippen molar-refractivity contribution in [3.8, 4) is 0 Å². The van der Waals surface area contributed by atoms with Crippen molar-refractivity contribution in [1.29, 1.82) is 0 Å². The van der Waals surface area contributed by atoms with Gasteiger partial charge in [0.2, 0.25) is 0 Å². The van der Waals surface area contributed by atoms with Crippen LogP contribution in [0.5, 0.6) is 0 Å². The van der Waals surface area contributed by atoms with E-state index >= 15 is 0 Å². The number of carbonyl (C=O) groups excluding carboxylic acids is 1. The van der Waals surface area contributed by atoms with Gasteiger partial charge in [0.15, 0.2) is 0 Å². The van der Waals surface area contributed by atoms with Gasteiger partial charge in [-0.1, -0.05) is 6.92 Å². The summed E-state index contributed by atoms with van der Waals surface area (Å²) in [6, 6.07) is 2.64. The number of hydrogen-bond acceptors (Lipinski definition) is 3. The summed E-state index contributed by atoms with van der Waals surface area (Å²) in [5.74, 6) is -1.68. The Labute approximate surface area is 104 Å². The van der Waals surface area contributed by atoms with Crippen LogP contribution in [0.3, 0.4) is 0 Å². The summed E-state index contributed by atoms with van der Waals surface area (Å²) in [5.41, 5.74) is -1.51. The maximum atomic E-state index is 11.9. The second kappa shape index (κ2) is 5.03. The molecule has 0 fully saturated rings. The lowest BCUT2D eigenvalue weighted by Crippen LogP contribution is -2.51. The first-order valence-corrected chi connectivity index (χ1v) is 5.53. The fourth-order valence-electron chi connectivity index (χ4n) is 1.31. The highest BCUT2D eigenvalue weighted by Crippen LogP contribution is 2.10. The SMILES string of the molecule is CCC(C)(NC(=O)c1ccn(C)c(=O)c1)C(=O)O. The van der Waals surface area contributed by atoms with E-state index in [-0.39, 0.29) is 17.5 Å². The van der Waals surface area contributed by atoms with Gasteiger partial charge in [-0.05, 0) is 19.4 Å². The van der Waals surface area contributed by atoms with Crippen LogP contribution in [0.4, 0.5) is 0 Å². The van der Waals surface area contributed by atoms with E-state index in [9.17, 15) is 14.4 Å². The van der Waals surface area contributed by atoms with Gasteiger partial charge in [0, 0.05) is 24.9 Å². The smallest absolute Gasteiger partial charge is 0.329 e. The van der Waals surface area contributed by atoms with E-state index in [1.165, 1.54) is 29.8 Å². The first-order chi connectivity index (χ1) is 8.30. The Morgan fingerprint density at radius 1 is 1.50 bits per heavy atom. The molecule has 1 rings (SSSR count). The van der Waals surface area contributed by atoms with Crippen molar-refractivity contribution in [2.75, 3.05) is 0 Å². The molecule has 6 heteroatoms. The van der Waals surface area contributed by atoms with Gasteiger partial charge >= 0.3 is 5.97 Å². The highest BCUT2D eigenvalue weighted by molar-refractivity contribution is 5.97. The van der Waals surface area contributed by atoms with Crippen LogP contribution in [-0.2, 0) is 11.8 Å². The number of carbonyl (C=O) groups is 2. The Hall–Kier alpha value is -2.11. The molecule has 18 heavy (non-hydrogen) atoms. The third kappa shape index (κ3) is 2.77. The lowest BCUT2D eigenvalue weighted by atomic mass is 9.98. The third-order valence-electron chi connectivity index (χ3n) is 2.94. The Balaban J connectivity index is 2.98. The summed E-state index contributed by atoms with van der Waals surface area (Å²) in [4.78, 5) is 34.3. The topological polar surface area (TPSA) is 88.4 Å². The molecule has 1 aromatic rings. The Morgan fingerprint density at radius 3 is 2.56 bits per heavy atom. The number of nitrogens with zero attached hydrogens (tertiary/aromatic N) is 1. The molecule has 6 nitrogen and oxygen atoms in total. The molecule has 0 saturated carbocycles. The molecular formula is C12H16N2O4. The Kier molecular flexibility index (Phi) is 3.90. The number of carboxylic acid groups (broad SMARTS) is 1. The van der Waals surface area contributed by atoms with Gasteiger partial charge in [-0.2, -0.15) is 0 Å². The lowest BCUT2D eigenvalue weighted by Gasteiger charge is -2.24. The average molecular weight is 252 g/mol. The van der Waals surface area contributed by atoms with Crippen molar-refractivity contribution in [2.45, 2.75) is 25.8 Å². The number of nitrogens with one attached hydrogen (secondary N) is 1. The molecule has 1 unspecified atom stereocenters. The predicted molar refractivity (Wildman–Crippen MR) is 65.5 cm³/mol. The minimum absolute atomic E-state index is 0.152. The van der Waals surface area contributed by atoms with E-state index in [1.807, 2.05) is 0 Å². The maximum Gasteiger partial charge on any atom is 0.329 e. The average Bonchev–Trinajstić information content (AvgIpc) is 2.32. The minimum Gasteiger partial charge on any atom is -0.480 e. The predicted octanol–water partition coefficient (Wildman–Crippen LogP) is 0.368. The molecule has 0 aromatic carbocycles. The zero-order valence-electron chi connectivity index (χ0n) is 10.6. The molecule has 0 spiro atoms. The molecule has 1 atom stereocenters. The largest absolute Gasteiger partial charge is 0.480 e. The van der Waals surface area contributed by atoms with Gasteiger partial charge in [0.25, 0.3) is 11.5 Å². The fraction of sp³-hybridized carbons (Fsp3) is 0.417. The Morgan fingerprint density at radius 2 is 2.11 bits per heavy atom. The van der Waals surface area contributed by atoms with E-state index in [0.29, 0.717) is 0 Å². The summed E-state index contributed by atoms with van der Waals surface area (Å²) in [5, 5.41) is 11.5. The van der Waals surface area contributed by atoms with E-state index in [0.717, 1.165) is 0 Å². The van der Waals surface area contributed by atoms with Crippen molar-refractivity contribution in [3.05, 3.63) is 34.2 Å². The molecule has 98 valence electrons. The maximum absolute atomic E-state index is 11.9. The van der Waals surface area contributed by atoms with Crippen LogP contribution < -0.4 is 10.9 Å². The summed E-state index contributed by atoms with van der Waals surface area (Å²) < 4.78 is 1.33. The van der Waals surface area contributed by atoms with E-state index in [1.54, 1.807) is 14.0 Å². The summed E-state index contributed by atoms with van der Waals surface area (Å²) >= 11 is 0. The molecule has 0 saturated heterocycles. The highest BCUT2D eigenvalue weighted by Gasteiger charge is 2.33. The first-order valence-electron chi connectivity index (χ1n) is 5.53.